The van der Waals surface area contributed by atoms with Gasteiger partial charge in [-0.25, -0.2) is 9.69 Å². The molecule has 22 heavy (non-hydrogen) atoms. The molecule has 1 aromatic rings. The van der Waals surface area contributed by atoms with Crippen LogP contribution >= 0.6 is 0 Å². The first-order valence-corrected chi connectivity index (χ1v) is 6.98. The van der Waals surface area contributed by atoms with Gasteiger partial charge < -0.3 is 5.32 Å². The second-order valence-corrected chi connectivity index (χ2v) is 4.99. The first-order chi connectivity index (χ1) is 10.5. The molecule has 1 N–H and O–H groups in total. The molecule has 0 bridgehead atoms. The van der Waals surface area contributed by atoms with Crippen molar-refractivity contribution in [3.8, 4) is 0 Å². The van der Waals surface area contributed by atoms with E-state index in [0.29, 0.717) is 17.0 Å². The molecule has 1 saturated heterocycles. The number of rotatable bonds is 5. The highest BCUT2D eigenvalue weighted by atomic mass is 16.2. The zero-order chi connectivity index (χ0) is 16.3. The number of imide groups is 2. The Hall–Kier alpha value is -2.70. The summed E-state index contributed by atoms with van der Waals surface area (Å²) >= 11 is 0. The minimum Gasteiger partial charge on any atom is -0.324 e. The monoisotopic (exact) mass is 303 g/mol. The number of nitrogens with zero attached hydrogens (tertiary/aromatic N) is 2. The maximum absolute atomic E-state index is 12.0. The third-order valence-corrected chi connectivity index (χ3v) is 3.30. The van der Waals surface area contributed by atoms with Crippen LogP contribution in [0.5, 0.6) is 0 Å². The van der Waals surface area contributed by atoms with Gasteiger partial charge in [0.2, 0.25) is 5.91 Å². The van der Waals surface area contributed by atoms with Crippen molar-refractivity contribution in [2.75, 3.05) is 18.4 Å². The molecule has 0 atom stereocenters. The fourth-order valence-corrected chi connectivity index (χ4v) is 2.16. The van der Waals surface area contributed by atoms with Crippen LogP contribution in [0.15, 0.2) is 24.3 Å². The molecule has 0 radical (unpaired) electrons. The first kappa shape index (κ1) is 15.7. The molecule has 1 heterocycles. The molecule has 7 heteroatoms. The molecule has 1 aromatic carbocycles. The summed E-state index contributed by atoms with van der Waals surface area (Å²) in [5.74, 6) is -2.36. The quantitative estimate of drug-likeness (QED) is 0.652. The van der Waals surface area contributed by atoms with Crippen molar-refractivity contribution in [1.29, 1.82) is 0 Å². The highest BCUT2D eigenvalue weighted by Gasteiger charge is 2.44. The van der Waals surface area contributed by atoms with Gasteiger partial charge in [-0.05, 0) is 25.0 Å². The van der Waals surface area contributed by atoms with Crippen molar-refractivity contribution in [2.24, 2.45) is 0 Å². The van der Waals surface area contributed by atoms with Gasteiger partial charge in [-0.1, -0.05) is 25.1 Å². The fourth-order valence-electron chi connectivity index (χ4n) is 2.16. The number of amides is 5. The number of aryl methyl sites for hydroxylation is 1. The Bertz CT molecular complexity index is 641. The smallest absolute Gasteiger partial charge is 0.324 e. The third kappa shape index (κ3) is 2.98. The van der Waals surface area contributed by atoms with E-state index < -0.39 is 30.3 Å². The summed E-state index contributed by atoms with van der Waals surface area (Å²) in [5.41, 5.74) is 1.46. The number of carbonyl (C=O) groups excluding carboxylic acids is 4. The largest absolute Gasteiger partial charge is 0.334 e. The van der Waals surface area contributed by atoms with Crippen molar-refractivity contribution in [3.63, 3.8) is 0 Å². The van der Waals surface area contributed by atoms with Crippen molar-refractivity contribution in [3.05, 3.63) is 29.8 Å². The second kappa shape index (κ2) is 6.38. The van der Waals surface area contributed by atoms with Gasteiger partial charge in [0.05, 0.1) is 0 Å². The third-order valence-electron chi connectivity index (χ3n) is 3.30. The van der Waals surface area contributed by atoms with E-state index in [2.05, 4.69) is 5.32 Å². The topological polar surface area (TPSA) is 86.8 Å². The minimum atomic E-state index is -0.960. The van der Waals surface area contributed by atoms with Crippen LogP contribution in [-0.2, 0) is 14.4 Å². The number of urea groups is 1. The van der Waals surface area contributed by atoms with Crippen molar-refractivity contribution >= 4 is 29.4 Å². The summed E-state index contributed by atoms with van der Waals surface area (Å²) in [6.45, 7) is 3.31. The summed E-state index contributed by atoms with van der Waals surface area (Å²) < 4.78 is 0. The van der Waals surface area contributed by atoms with Gasteiger partial charge in [-0.2, -0.15) is 0 Å². The molecular formula is C15H17N3O4. The van der Waals surface area contributed by atoms with Crippen LogP contribution in [0.2, 0.25) is 0 Å². The van der Waals surface area contributed by atoms with Gasteiger partial charge in [0.15, 0.2) is 0 Å². The van der Waals surface area contributed by atoms with Gasteiger partial charge in [0.1, 0.15) is 6.54 Å². The molecule has 0 aliphatic carbocycles. The average molecular weight is 303 g/mol. The van der Waals surface area contributed by atoms with E-state index in [9.17, 15) is 19.2 Å². The van der Waals surface area contributed by atoms with Crippen LogP contribution in [0.25, 0.3) is 0 Å². The second-order valence-electron chi connectivity index (χ2n) is 4.99. The summed E-state index contributed by atoms with van der Waals surface area (Å²) in [7, 11) is 0. The fraction of sp³-hybridized carbons (Fsp3) is 0.333. The first-order valence-electron chi connectivity index (χ1n) is 6.98. The molecule has 1 aliphatic heterocycles. The predicted octanol–water partition coefficient (Wildman–Crippen LogP) is 1.13. The van der Waals surface area contributed by atoms with Gasteiger partial charge in [0, 0.05) is 12.2 Å². The van der Waals surface area contributed by atoms with E-state index in [1.165, 1.54) is 0 Å². The molecule has 0 saturated carbocycles. The SMILES string of the molecule is CCCN1C(=O)C(=O)N(CC(=O)Nc2ccccc2C)C1=O. The molecule has 0 spiro atoms. The molecule has 0 aromatic heterocycles. The van der Waals surface area contributed by atoms with Crippen LogP contribution in [0.4, 0.5) is 10.5 Å². The van der Waals surface area contributed by atoms with Gasteiger partial charge in [-0.15, -0.1) is 0 Å². The molecule has 1 aliphatic rings. The zero-order valence-electron chi connectivity index (χ0n) is 12.5. The van der Waals surface area contributed by atoms with Crippen LogP contribution in [0.3, 0.4) is 0 Å². The Labute approximate surface area is 127 Å². The van der Waals surface area contributed by atoms with E-state index in [1.54, 1.807) is 19.1 Å². The average Bonchev–Trinajstić information content (AvgIpc) is 2.68. The van der Waals surface area contributed by atoms with E-state index in [-0.39, 0.29) is 6.54 Å². The Morgan fingerprint density at radius 3 is 2.36 bits per heavy atom. The number of benzene rings is 1. The number of para-hydroxylation sites is 1. The summed E-state index contributed by atoms with van der Waals surface area (Å²) in [6.07, 6.45) is 0.550. The van der Waals surface area contributed by atoms with Gasteiger partial charge in [-0.3, -0.25) is 19.3 Å². The molecule has 0 unspecified atom stereocenters. The number of carbonyl (C=O) groups is 4. The van der Waals surface area contributed by atoms with Crippen molar-refractivity contribution in [1.82, 2.24) is 9.80 Å². The zero-order valence-corrected chi connectivity index (χ0v) is 12.5. The van der Waals surface area contributed by atoms with Gasteiger partial charge in [0.25, 0.3) is 0 Å². The van der Waals surface area contributed by atoms with Crippen LogP contribution in [-0.4, -0.2) is 46.6 Å². The predicted molar refractivity (Wildman–Crippen MR) is 78.9 cm³/mol. The lowest BCUT2D eigenvalue weighted by atomic mass is 10.2. The minimum absolute atomic E-state index is 0.166. The summed E-state index contributed by atoms with van der Waals surface area (Å²) in [6, 6.07) is 6.40. The van der Waals surface area contributed by atoms with Crippen LogP contribution in [0, 0.1) is 6.92 Å². The standard InChI is InChI=1S/C15H17N3O4/c1-3-8-17-13(20)14(21)18(15(17)22)9-12(19)16-11-7-5-4-6-10(11)2/h4-7H,3,8-9H2,1-2H3,(H,16,19). The maximum atomic E-state index is 12.0. The number of hydrogen-bond donors (Lipinski definition) is 1. The molecule has 116 valence electrons. The van der Waals surface area contributed by atoms with Crippen LogP contribution < -0.4 is 5.32 Å². The highest BCUT2D eigenvalue weighted by molar-refractivity contribution is 6.45. The molecule has 1 fully saturated rings. The Balaban J connectivity index is 2.05. The van der Waals surface area contributed by atoms with Crippen molar-refractivity contribution < 1.29 is 19.2 Å². The van der Waals surface area contributed by atoms with Crippen LogP contribution in [0.1, 0.15) is 18.9 Å². The normalized spacial score (nSPS) is 14.7. The van der Waals surface area contributed by atoms with Crippen molar-refractivity contribution in [2.45, 2.75) is 20.3 Å². The molecule has 7 nitrogen and oxygen atoms in total. The van der Waals surface area contributed by atoms with E-state index in [1.807, 2.05) is 19.1 Å². The maximum Gasteiger partial charge on any atom is 0.334 e. The van der Waals surface area contributed by atoms with E-state index in [4.69, 9.17) is 0 Å². The van der Waals surface area contributed by atoms with E-state index in [0.717, 1.165) is 10.5 Å². The summed E-state index contributed by atoms with van der Waals surface area (Å²) in [5, 5.41) is 2.62. The number of hydrogen-bond acceptors (Lipinski definition) is 4. The lowest BCUT2D eigenvalue weighted by molar-refractivity contribution is -0.143. The Morgan fingerprint density at radius 1 is 1.09 bits per heavy atom. The van der Waals surface area contributed by atoms with Gasteiger partial charge >= 0.3 is 17.8 Å². The molecular weight excluding hydrogens is 286 g/mol. The lowest BCUT2D eigenvalue weighted by Crippen LogP contribution is -2.39. The summed E-state index contributed by atoms with van der Waals surface area (Å²) in [4.78, 5) is 49.0. The Morgan fingerprint density at radius 2 is 1.73 bits per heavy atom. The number of nitrogens with one attached hydrogen (secondary N) is 1. The Kier molecular flexibility index (Phi) is 4.55. The molecule has 5 amide bonds. The highest BCUT2D eigenvalue weighted by Crippen LogP contribution is 2.15. The lowest BCUT2D eigenvalue weighted by Gasteiger charge is -2.15. The molecule has 2 rings (SSSR count). The number of anilines is 1. The van der Waals surface area contributed by atoms with E-state index >= 15 is 0 Å².